The summed E-state index contributed by atoms with van der Waals surface area (Å²) in [4.78, 5) is 25.1. The number of carbonyl (C=O) groups is 2. The number of aryl methyl sites for hydroxylation is 1. The maximum Gasteiger partial charge on any atom is 0.338 e. The van der Waals surface area contributed by atoms with Crippen molar-refractivity contribution in [1.29, 1.82) is 0 Å². The molecule has 1 saturated heterocycles. The van der Waals surface area contributed by atoms with Crippen molar-refractivity contribution in [3.63, 3.8) is 0 Å². The molecule has 0 radical (unpaired) electrons. The summed E-state index contributed by atoms with van der Waals surface area (Å²) in [5, 5.41) is 21.6. The molecule has 0 saturated carbocycles. The van der Waals surface area contributed by atoms with Crippen LogP contribution in [0.4, 0.5) is 10.5 Å². The number of piperidine rings is 1. The van der Waals surface area contributed by atoms with Gasteiger partial charge in [0.05, 0.1) is 17.4 Å². The predicted molar refractivity (Wildman–Crippen MR) is 78.5 cm³/mol. The van der Waals surface area contributed by atoms with Crippen LogP contribution in [0.5, 0.6) is 0 Å². The summed E-state index contributed by atoms with van der Waals surface area (Å²) >= 11 is 0. The Morgan fingerprint density at radius 3 is 2.71 bits per heavy atom. The molecule has 1 aliphatic heterocycles. The largest absolute Gasteiger partial charge is 0.478 e. The van der Waals surface area contributed by atoms with Crippen molar-refractivity contribution in [1.82, 2.24) is 4.90 Å². The van der Waals surface area contributed by atoms with Gasteiger partial charge in [-0.1, -0.05) is 19.1 Å². The number of urea groups is 1. The van der Waals surface area contributed by atoms with E-state index in [1.54, 1.807) is 30.0 Å². The molecule has 1 aliphatic rings. The average Bonchev–Trinajstić information content (AvgIpc) is 2.41. The summed E-state index contributed by atoms with van der Waals surface area (Å²) in [6.45, 7) is 4.50. The average molecular weight is 292 g/mol. The second-order valence-corrected chi connectivity index (χ2v) is 5.51. The van der Waals surface area contributed by atoms with Crippen molar-refractivity contribution in [3.05, 3.63) is 29.3 Å². The molecule has 0 aliphatic carbocycles. The first-order valence-corrected chi connectivity index (χ1v) is 6.97. The highest BCUT2D eigenvalue weighted by Crippen LogP contribution is 2.22. The van der Waals surface area contributed by atoms with E-state index in [1.807, 2.05) is 6.92 Å². The first-order valence-electron chi connectivity index (χ1n) is 6.97. The lowest BCUT2D eigenvalue weighted by atomic mass is 9.97. The zero-order chi connectivity index (χ0) is 15.6. The molecule has 1 heterocycles. The highest BCUT2D eigenvalue weighted by Gasteiger charge is 2.27. The predicted octanol–water partition coefficient (Wildman–Crippen LogP) is 1.93. The number of aliphatic hydroxyl groups excluding tert-OH is 1. The zero-order valence-corrected chi connectivity index (χ0v) is 12.2. The molecule has 2 atom stereocenters. The number of carbonyl (C=O) groups excluding carboxylic acids is 1. The number of anilines is 1. The number of rotatable bonds is 2. The number of benzene rings is 1. The van der Waals surface area contributed by atoms with Crippen molar-refractivity contribution in [2.24, 2.45) is 5.92 Å². The monoisotopic (exact) mass is 292 g/mol. The lowest BCUT2D eigenvalue weighted by molar-refractivity contribution is 0.0506. The summed E-state index contributed by atoms with van der Waals surface area (Å²) in [7, 11) is 0. The Morgan fingerprint density at radius 2 is 2.10 bits per heavy atom. The molecule has 0 spiro atoms. The van der Waals surface area contributed by atoms with E-state index in [4.69, 9.17) is 0 Å². The second-order valence-electron chi connectivity index (χ2n) is 5.51. The number of nitrogens with zero attached hydrogens (tertiary/aromatic N) is 1. The van der Waals surface area contributed by atoms with Crippen LogP contribution in [-0.2, 0) is 0 Å². The first-order chi connectivity index (χ1) is 9.90. The number of likely N-dealkylation sites (tertiary alicyclic amines) is 1. The molecule has 6 heteroatoms. The van der Waals surface area contributed by atoms with Gasteiger partial charge in [0.15, 0.2) is 0 Å². The molecule has 21 heavy (non-hydrogen) atoms. The van der Waals surface area contributed by atoms with Crippen molar-refractivity contribution >= 4 is 17.7 Å². The Bertz CT molecular complexity index is 559. The van der Waals surface area contributed by atoms with Gasteiger partial charge in [-0.3, -0.25) is 0 Å². The van der Waals surface area contributed by atoms with E-state index >= 15 is 0 Å². The Kier molecular flexibility index (Phi) is 4.47. The highest BCUT2D eigenvalue weighted by molar-refractivity contribution is 6.01. The third kappa shape index (κ3) is 3.33. The zero-order valence-electron chi connectivity index (χ0n) is 12.2. The Hall–Kier alpha value is -2.08. The minimum absolute atomic E-state index is 0.0148. The van der Waals surface area contributed by atoms with Gasteiger partial charge in [0, 0.05) is 13.1 Å². The van der Waals surface area contributed by atoms with Crippen LogP contribution < -0.4 is 5.32 Å². The van der Waals surface area contributed by atoms with Crippen LogP contribution in [-0.4, -0.2) is 46.3 Å². The van der Waals surface area contributed by atoms with E-state index in [0.29, 0.717) is 30.8 Å². The number of aromatic carboxylic acids is 1. The maximum absolute atomic E-state index is 12.2. The van der Waals surface area contributed by atoms with Gasteiger partial charge in [-0.15, -0.1) is 0 Å². The summed E-state index contributed by atoms with van der Waals surface area (Å²) < 4.78 is 0. The number of nitrogens with one attached hydrogen (secondary N) is 1. The minimum Gasteiger partial charge on any atom is -0.478 e. The molecule has 1 aromatic rings. The van der Waals surface area contributed by atoms with Gasteiger partial charge >= 0.3 is 12.0 Å². The van der Waals surface area contributed by atoms with Crippen molar-refractivity contribution in [3.8, 4) is 0 Å². The number of aliphatic hydroxyl groups is 1. The number of hydrogen-bond acceptors (Lipinski definition) is 3. The van der Waals surface area contributed by atoms with E-state index in [-0.39, 0.29) is 23.6 Å². The molecule has 0 aromatic heterocycles. The molecular weight excluding hydrogens is 272 g/mol. The van der Waals surface area contributed by atoms with E-state index in [2.05, 4.69) is 5.32 Å². The van der Waals surface area contributed by atoms with Crippen LogP contribution in [0.15, 0.2) is 18.2 Å². The van der Waals surface area contributed by atoms with Crippen LogP contribution >= 0.6 is 0 Å². The fourth-order valence-electron chi connectivity index (χ4n) is 2.57. The van der Waals surface area contributed by atoms with Crippen LogP contribution in [0.1, 0.15) is 29.3 Å². The summed E-state index contributed by atoms with van der Waals surface area (Å²) in [5.74, 6) is -1.05. The fourth-order valence-corrected chi connectivity index (χ4v) is 2.57. The lowest BCUT2D eigenvalue weighted by Crippen LogP contribution is -2.46. The Labute approximate surface area is 123 Å². The summed E-state index contributed by atoms with van der Waals surface area (Å²) in [5.41, 5.74) is 1.00. The quantitative estimate of drug-likeness (QED) is 0.777. The van der Waals surface area contributed by atoms with E-state index < -0.39 is 5.97 Å². The third-order valence-electron chi connectivity index (χ3n) is 3.88. The lowest BCUT2D eigenvalue weighted by Gasteiger charge is -2.34. The summed E-state index contributed by atoms with van der Waals surface area (Å²) in [6.07, 6.45) is 0.149. The molecule has 2 rings (SSSR count). The number of carboxylic acid groups (broad SMARTS) is 1. The molecular formula is C15H20N2O4. The van der Waals surface area contributed by atoms with Crippen molar-refractivity contribution in [2.75, 3.05) is 18.4 Å². The standard InChI is InChI=1S/C15H20N2O4/c1-9-4-3-5-11(13(9)14(19)20)16-15(21)17-7-6-12(18)10(2)8-17/h3-5,10,12,18H,6-8H2,1-2H3,(H,16,21)(H,19,20). The molecule has 1 aromatic carbocycles. The van der Waals surface area contributed by atoms with Gasteiger partial charge in [0.1, 0.15) is 0 Å². The van der Waals surface area contributed by atoms with Gasteiger partial charge in [-0.05, 0) is 30.9 Å². The Morgan fingerprint density at radius 1 is 1.38 bits per heavy atom. The van der Waals surface area contributed by atoms with Gasteiger partial charge in [-0.25, -0.2) is 9.59 Å². The molecule has 6 nitrogen and oxygen atoms in total. The number of hydrogen-bond donors (Lipinski definition) is 3. The molecule has 1 fully saturated rings. The smallest absolute Gasteiger partial charge is 0.338 e. The molecule has 0 bridgehead atoms. The molecule has 114 valence electrons. The van der Waals surface area contributed by atoms with Crippen LogP contribution in [0.25, 0.3) is 0 Å². The molecule has 2 amide bonds. The minimum atomic E-state index is -1.06. The highest BCUT2D eigenvalue weighted by atomic mass is 16.4. The number of amides is 2. The third-order valence-corrected chi connectivity index (χ3v) is 3.88. The van der Waals surface area contributed by atoms with Gasteiger partial charge < -0.3 is 20.4 Å². The SMILES string of the molecule is Cc1cccc(NC(=O)N2CCC(O)C(C)C2)c1C(=O)O. The second kappa shape index (κ2) is 6.13. The Balaban J connectivity index is 2.13. The van der Waals surface area contributed by atoms with E-state index in [1.165, 1.54) is 0 Å². The van der Waals surface area contributed by atoms with Crippen LogP contribution in [0, 0.1) is 12.8 Å². The topological polar surface area (TPSA) is 89.9 Å². The van der Waals surface area contributed by atoms with E-state index in [9.17, 15) is 19.8 Å². The van der Waals surface area contributed by atoms with Crippen molar-refractivity contribution < 1.29 is 19.8 Å². The van der Waals surface area contributed by atoms with Crippen molar-refractivity contribution in [2.45, 2.75) is 26.4 Å². The maximum atomic E-state index is 12.2. The molecule has 2 unspecified atom stereocenters. The number of carboxylic acids is 1. The van der Waals surface area contributed by atoms with Crippen LogP contribution in [0.2, 0.25) is 0 Å². The van der Waals surface area contributed by atoms with Gasteiger partial charge in [0.2, 0.25) is 0 Å². The van der Waals surface area contributed by atoms with E-state index in [0.717, 1.165) is 0 Å². The normalized spacial score (nSPS) is 22.0. The van der Waals surface area contributed by atoms with Gasteiger partial charge in [0.25, 0.3) is 0 Å². The molecule has 3 N–H and O–H groups in total. The summed E-state index contributed by atoms with van der Waals surface area (Å²) in [6, 6.07) is 4.65. The first kappa shape index (κ1) is 15.3. The van der Waals surface area contributed by atoms with Crippen LogP contribution in [0.3, 0.4) is 0 Å². The fraction of sp³-hybridized carbons (Fsp3) is 0.467. The van der Waals surface area contributed by atoms with Gasteiger partial charge in [-0.2, -0.15) is 0 Å².